The maximum absolute atomic E-state index is 6.37. The van der Waals surface area contributed by atoms with Crippen molar-refractivity contribution < 1.29 is 8.83 Å². The second kappa shape index (κ2) is 10.2. The Kier molecular flexibility index (Phi) is 5.64. The molecule has 0 bridgehead atoms. The molecular formula is C40H22N4O2S. The molecule has 0 amide bonds. The molecule has 6 aromatic carbocycles. The van der Waals surface area contributed by atoms with Crippen molar-refractivity contribution in [3.8, 4) is 45.6 Å². The van der Waals surface area contributed by atoms with Crippen LogP contribution in [0.5, 0.6) is 0 Å². The average molecular weight is 623 g/mol. The summed E-state index contributed by atoms with van der Waals surface area (Å²) in [6, 6.07) is 44.8. The highest BCUT2D eigenvalue weighted by atomic mass is 32.1. The molecule has 0 spiro atoms. The Bertz CT molecular complexity index is 2740. The van der Waals surface area contributed by atoms with E-state index in [9.17, 15) is 0 Å². The fourth-order valence-corrected chi connectivity index (χ4v) is 7.49. The smallest absolute Gasteiger partial charge is 0.227 e. The van der Waals surface area contributed by atoms with Gasteiger partial charge in [-0.3, -0.25) is 0 Å². The molecular weight excluding hydrogens is 601 g/mol. The predicted octanol–water partition coefficient (Wildman–Crippen LogP) is 10.9. The molecule has 0 saturated carbocycles. The molecule has 4 aromatic heterocycles. The topological polar surface area (TPSA) is 77.8 Å². The molecule has 0 unspecified atom stereocenters. The Morgan fingerprint density at radius 2 is 1.13 bits per heavy atom. The van der Waals surface area contributed by atoms with Crippen LogP contribution in [0.3, 0.4) is 0 Å². The maximum atomic E-state index is 6.37. The fraction of sp³-hybridized carbons (Fsp3) is 0. The van der Waals surface area contributed by atoms with Gasteiger partial charge in [-0.15, -0.1) is 11.3 Å². The Labute approximate surface area is 271 Å². The highest BCUT2D eigenvalue weighted by molar-refractivity contribution is 7.26. The molecule has 6 nitrogen and oxygen atoms in total. The van der Waals surface area contributed by atoms with E-state index in [0.29, 0.717) is 23.4 Å². The molecule has 0 atom stereocenters. The lowest BCUT2D eigenvalue weighted by atomic mass is 10.0. The van der Waals surface area contributed by atoms with E-state index in [1.807, 2.05) is 91.0 Å². The molecule has 0 aliphatic rings. The third-order valence-corrected chi connectivity index (χ3v) is 9.69. The fourth-order valence-electron chi connectivity index (χ4n) is 6.35. The first-order valence-corrected chi connectivity index (χ1v) is 16.1. The van der Waals surface area contributed by atoms with Crippen molar-refractivity contribution >= 4 is 64.5 Å². The monoisotopic (exact) mass is 622 g/mol. The van der Waals surface area contributed by atoms with Crippen LogP contribution in [0.15, 0.2) is 142 Å². The number of oxazole rings is 1. The number of rotatable bonds is 4. The van der Waals surface area contributed by atoms with Crippen LogP contribution in [0.4, 0.5) is 0 Å². The van der Waals surface area contributed by atoms with Crippen molar-refractivity contribution in [1.82, 2.24) is 19.9 Å². The van der Waals surface area contributed by atoms with Crippen molar-refractivity contribution in [2.75, 3.05) is 0 Å². The average Bonchev–Trinajstić information content (AvgIpc) is 3.83. The number of nitrogens with zero attached hydrogens (tertiary/aromatic N) is 4. The van der Waals surface area contributed by atoms with Gasteiger partial charge in [-0.25, -0.2) is 19.9 Å². The summed E-state index contributed by atoms with van der Waals surface area (Å²) in [5.41, 5.74) is 6.98. The largest absolute Gasteiger partial charge is 0.456 e. The van der Waals surface area contributed by atoms with Gasteiger partial charge in [0, 0.05) is 59.3 Å². The van der Waals surface area contributed by atoms with E-state index in [1.165, 1.54) is 0 Å². The van der Waals surface area contributed by atoms with Crippen molar-refractivity contribution in [1.29, 1.82) is 0 Å². The molecule has 0 aliphatic carbocycles. The maximum Gasteiger partial charge on any atom is 0.227 e. The van der Waals surface area contributed by atoms with Crippen molar-refractivity contribution in [3.63, 3.8) is 0 Å². The number of furan rings is 1. The molecule has 0 saturated heterocycles. The number of aromatic nitrogens is 4. The first-order valence-electron chi connectivity index (χ1n) is 15.3. The van der Waals surface area contributed by atoms with Gasteiger partial charge in [0.05, 0.1) is 0 Å². The normalized spacial score (nSPS) is 11.8. The number of hydrogen-bond acceptors (Lipinski definition) is 7. The zero-order valence-electron chi connectivity index (χ0n) is 24.7. The zero-order valence-corrected chi connectivity index (χ0v) is 25.5. The number of para-hydroxylation sites is 1. The quantitative estimate of drug-likeness (QED) is 0.194. The number of thiophene rings is 1. The van der Waals surface area contributed by atoms with Crippen LogP contribution in [-0.2, 0) is 0 Å². The van der Waals surface area contributed by atoms with E-state index >= 15 is 0 Å². The predicted molar refractivity (Wildman–Crippen MR) is 189 cm³/mol. The van der Waals surface area contributed by atoms with Gasteiger partial charge in [0.1, 0.15) is 16.7 Å². The van der Waals surface area contributed by atoms with Gasteiger partial charge < -0.3 is 8.83 Å². The Balaban J connectivity index is 1.15. The second-order valence-electron chi connectivity index (χ2n) is 11.5. The van der Waals surface area contributed by atoms with Crippen molar-refractivity contribution in [2.24, 2.45) is 0 Å². The van der Waals surface area contributed by atoms with E-state index in [-0.39, 0.29) is 0 Å². The zero-order chi connectivity index (χ0) is 30.9. The summed E-state index contributed by atoms with van der Waals surface area (Å²) in [5, 5.41) is 4.30. The minimum atomic E-state index is 0.576. The lowest BCUT2D eigenvalue weighted by Crippen LogP contribution is -2.00. The highest BCUT2D eigenvalue weighted by Crippen LogP contribution is 2.42. The number of hydrogen-bond donors (Lipinski definition) is 0. The van der Waals surface area contributed by atoms with Crippen LogP contribution in [-0.4, -0.2) is 19.9 Å². The van der Waals surface area contributed by atoms with E-state index in [4.69, 9.17) is 28.8 Å². The molecule has 7 heteroatoms. The summed E-state index contributed by atoms with van der Waals surface area (Å²) in [5.74, 6) is 2.48. The van der Waals surface area contributed by atoms with Crippen LogP contribution < -0.4 is 0 Å². The van der Waals surface area contributed by atoms with Crippen molar-refractivity contribution in [2.45, 2.75) is 0 Å². The molecule has 10 aromatic rings. The molecule has 0 N–H and O–H groups in total. The van der Waals surface area contributed by atoms with Crippen LogP contribution in [0, 0.1) is 0 Å². The Morgan fingerprint density at radius 1 is 0.426 bits per heavy atom. The second-order valence-corrected chi connectivity index (χ2v) is 12.5. The SMILES string of the molecule is c1ccc(-c2nc(-c3ccccc3)nc(-c3cccc4sc5cc6oc(-c7ccc8oc9ccccc9c8c7)nc6cc5c34)n2)cc1. The third kappa shape index (κ3) is 4.25. The lowest BCUT2D eigenvalue weighted by Gasteiger charge is -2.09. The summed E-state index contributed by atoms with van der Waals surface area (Å²) in [6.45, 7) is 0. The molecule has 10 rings (SSSR count). The minimum absolute atomic E-state index is 0.576. The van der Waals surface area contributed by atoms with Gasteiger partial charge in [0.25, 0.3) is 0 Å². The van der Waals surface area contributed by atoms with E-state index in [0.717, 1.165) is 75.5 Å². The first kappa shape index (κ1) is 26.1. The summed E-state index contributed by atoms with van der Waals surface area (Å²) in [7, 11) is 0. The summed E-state index contributed by atoms with van der Waals surface area (Å²) in [6.07, 6.45) is 0. The summed E-state index contributed by atoms with van der Waals surface area (Å²) in [4.78, 5) is 19.9. The van der Waals surface area contributed by atoms with Crippen LogP contribution in [0.1, 0.15) is 0 Å². The minimum Gasteiger partial charge on any atom is -0.456 e. The van der Waals surface area contributed by atoms with Gasteiger partial charge in [-0.05, 0) is 36.4 Å². The third-order valence-electron chi connectivity index (χ3n) is 8.57. The molecule has 4 heterocycles. The van der Waals surface area contributed by atoms with Crippen LogP contribution in [0.2, 0.25) is 0 Å². The number of fused-ring (bicyclic) bond motifs is 7. The molecule has 220 valence electrons. The van der Waals surface area contributed by atoms with E-state index < -0.39 is 0 Å². The molecule has 0 aliphatic heterocycles. The van der Waals surface area contributed by atoms with E-state index in [1.54, 1.807) is 11.3 Å². The van der Waals surface area contributed by atoms with Crippen molar-refractivity contribution in [3.05, 3.63) is 133 Å². The van der Waals surface area contributed by atoms with Gasteiger partial charge in [0.15, 0.2) is 23.1 Å². The lowest BCUT2D eigenvalue weighted by molar-refractivity contribution is 0.620. The highest BCUT2D eigenvalue weighted by Gasteiger charge is 2.19. The van der Waals surface area contributed by atoms with Gasteiger partial charge in [0.2, 0.25) is 5.89 Å². The Morgan fingerprint density at radius 3 is 1.91 bits per heavy atom. The summed E-state index contributed by atoms with van der Waals surface area (Å²) >= 11 is 1.72. The molecule has 0 radical (unpaired) electrons. The van der Waals surface area contributed by atoms with Gasteiger partial charge in [-0.2, -0.15) is 0 Å². The summed E-state index contributed by atoms with van der Waals surface area (Å²) < 4.78 is 14.7. The van der Waals surface area contributed by atoms with Gasteiger partial charge >= 0.3 is 0 Å². The number of benzene rings is 6. The van der Waals surface area contributed by atoms with Crippen LogP contribution in [0.25, 0.3) is 98.8 Å². The molecule has 47 heavy (non-hydrogen) atoms. The first-order chi connectivity index (χ1) is 23.2. The van der Waals surface area contributed by atoms with E-state index in [2.05, 4.69) is 42.5 Å². The Hall–Kier alpha value is -6.18. The van der Waals surface area contributed by atoms with Gasteiger partial charge in [-0.1, -0.05) is 91.0 Å². The van der Waals surface area contributed by atoms with Crippen LogP contribution >= 0.6 is 11.3 Å². The standard InChI is InChI=1S/C40H22N4O2S/c1-3-10-23(11-4-1)37-42-38(24-12-5-2-6-13-24)44-39(43-37)27-15-9-17-34-36(27)29-21-30-33(22-35(29)47-34)46-40(41-30)25-18-19-32-28(20-25)26-14-7-8-16-31(26)45-32/h1-22H. The molecule has 0 fully saturated rings.